The molecule has 0 spiro atoms. The Bertz CT molecular complexity index is 320. The van der Waals surface area contributed by atoms with E-state index < -0.39 is 0 Å². The van der Waals surface area contributed by atoms with Crippen molar-refractivity contribution in [3.05, 3.63) is 40.2 Å². The van der Waals surface area contributed by atoms with Crippen LogP contribution in [0.25, 0.3) is 0 Å². The first-order chi connectivity index (χ1) is 5.86. The number of aromatic amines is 1. The summed E-state index contributed by atoms with van der Waals surface area (Å²) in [5.74, 6) is 0. The number of hydrogen-bond donors (Lipinski definition) is 1. The molecule has 1 aromatic heterocycles. The zero-order valence-electron chi connectivity index (χ0n) is 6.95. The molecule has 1 heterocycles. The van der Waals surface area contributed by atoms with Crippen LogP contribution in [0.4, 0.5) is 0 Å². The van der Waals surface area contributed by atoms with E-state index in [2.05, 4.69) is 36.2 Å². The monoisotopic (exact) mass is 247 g/mol. The Hall–Kier alpha value is -0.617. The fraction of sp³-hybridized carbons (Fsp3) is 0.200. The average molecular weight is 246 g/mol. The van der Waals surface area contributed by atoms with Crippen LogP contribution in [0.3, 0.4) is 0 Å². The van der Waals surface area contributed by atoms with Gasteiger partial charge in [0.1, 0.15) is 0 Å². The molecule has 0 aromatic carbocycles. The predicted octanol–water partition coefficient (Wildman–Crippen LogP) is 1.96. The van der Waals surface area contributed by atoms with Crippen LogP contribution in [0.15, 0.2) is 40.2 Å². The summed E-state index contributed by atoms with van der Waals surface area (Å²) < 4.78 is 3.03. The van der Waals surface area contributed by atoms with Gasteiger partial charge in [0.2, 0.25) is 0 Å². The number of aromatic nitrogens is 1. The van der Waals surface area contributed by atoms with Crippen molar-refractivity contribution in [1.82, 2.24) is 4.98 Å². The van der Waals surface area contributed by atoms with Gasteiger partial charge in [0.05, 0.1) is 0 Å². The maximum atomic E-state index is 3.26. The molecule has 2 rings (SSSR count). The Morgan fingerprint density at radius 2 is 2.42 bits per heavy atom. The van der Waals surface area contributed by atoms with Gasteiger partial charge in [0.15, 0.2) is 0 Å². The number of H-pyrrole nitrogens is 1. The van der Waals surface area contributed by atoms with Gasteiger partial charge in [0.25, 0.3) is 0 Å². The molecular formula is C10H11NRu. The average Bonchev–Trinajstić information content (AvgIpc) is 2.65. The van der Waals surface area contributed by atoms with E-state index in [1.807, 2.05) is 6.20 Å². The van der Waals surface area contributed by atoms with Crippen LogP contribution in [0.1, 0.15) is 13.3 Å². The molecule has 1 aromatic rings. The fourth-order valence-electron chi connectivity index (χ4n) is 1.17. The van der Waals surface area contributed by atoms with Crippen molar-refractivity contribution >= 4 is 4.29 Å². The van der Waals surface area contributed by atoms with Crippen LogP contribution in [0.2, 0.25) is 0 Å². The molecule has 0 bridgehead atoms. The molecule has 0 amide bonds. The topological polar surface area (TPSA) is 15.8 Å². The van der Waals surface area contributed by atoms with Gasteiger partial charge >= 0.3 is 80.0 Å². The summed E-state index contributed by atoms with van der Waals surface area (Å²) in [6, 6.07) is 4.25. The third-order valence-electron chi connectivity index (χ3n) is 1.83. The molecule has 0 unspecified atom stereocenters. The summed E-state index contributed by atoms with van der Waals surface area (Å²) in [6.07, 6.45) is 7.65. The molecule has 1 aliphatic rings. The van der Waals surface area contributed by atoms with E-state index in [4.69, 9.17) is 0 Å². The van der Waals surface area contributed by atoms with Gasteiger partial charge in [-0.1, -0.05) is 0 Å². The first-order valence-electron chi connectivity index (χ1n) is 3.98. The Morgan fingerprint density at radius 1 is 1.50 bits per heavy atom. The third kappa shape index (κ3) is 1.59. The summed E-state index contributed by atoms with van der Waals surface area (Å²) in [5, 5.41) is 0. The number of allylic oxidation sites excluding steroid dienone is 4. The second-order valence-electron chi connectivity index (χ2n) is 2.77. The van der Waals surface area contributed by atoms with Gasteiger partial charge in [-0.25, -0.2) is 0 Å². The maximum absolute atomic E-state index is 3.26. The Kier molecular flexibility index (Phi) is 2.27. The first kappa shape index (κ1) is 8.00. The first-order valence-corrected chi connectivity index (χ1v) is 5.72. The van der Waals surface area contributed by atoms with Crippen LogP contribution < -0.4 is 4.29 Å². The molecular weight excluding hydrogens is 235 g/mol. The van der Waals surface area contributed by atoms with Gasteiger partial charge in [-0.15, -0.1) is 0 Å². The predicted molar refractivity (Wildman–Crippen MR) is 46.9 cm³/mol. The van der Waals surface area contributed by atoms with E-state index in [1.165, 1.54) is 16.3 Å². The van der Waals surface area contributed by atoms with Crippen LogP contribution in [-0.2, 0) is 17.1 Å². The number of nitrogens with one attached hydrogen (secondary N) is 1. The van der Waals surface area contributed by atoms with Gasteiger partial charge in [-0.05, 0) is 0 Å². The molecule has 12 heavy (non-hydrogen) atoms. The van der Waals surface area contributed by atoms with E-state index in [1.54, 1.807) is 4.17 Å². The standard InChI is InChI=1S/C6H7.C4H4N.Ru/c1-6-4-2-3-5-6;1-2-4-5-3-1;/h2,4H,3H2,1H3;1-3,5H;. The van der Waals surface area contributed by atoms with E-state index in [0.29, 0.717) is 0 Å². The molecule has 0 radical (unpaired) electrons. The quantitative estimate of drug-likeness (QED) is 0.768. The zero-order valence-corrected chi connectivity index (χ0v) is 8.69. The molecule has 1 N–H and O–H groups in total. The molecule has 2 heteroatoms. The summed E-state index contributed by atoms with van der Waals surface area (Å²) in [6.45, 7) is 2.20. The van der Waals surface area contributed by atoms with Gasteiger partial charge in [-0.3, -0.25) is 0 Å². The van der Waals surface area contributed by atoms with Gasteiger partial charge < -0.3 is 0 Å². The van der Waals surface area contributed by atoms with E-state index in [0.717, 1.165) is 0 Å². The van der Waals surface area contributed by atoms with E-state index >= 15 is 0 Å². The molecule has 1 aliphatic carbocycles. The van der Waals surface area contributed by atoms with Gasteiger partial charge in [0, 0.05) is 0 Å². The number of hydrogen-bond acceptors (Lipinski definition) is 0. The van der Waals surface area contributed by atoms with Gasteiger partial charge in [-0.2, -0.15) is 0 Å². The summed E-state index contributed by atoms with van der Waals surface area (Å²) in [7, 11) is 0. The normalized spacial score (nSPS) is 16.4. The minimum atomic E-state index is 0.263. The van der Waals surface area contributed by atoms with E-state index in [-0.39, 0.29) is 17.1 Å². The summed E-state index contributed by atoms with van der Waals surface area (Å²) >= 11 is 0.263. The van der Waals surface area contributed by atoms with Crippen LogP contribution in [0.5, 0.6) is 0 Å². The summed E-state index contributed by atoms with van der Waals surface area (Å²) in [5.41, 5.74) is 1.47. The molecule has 1 nitrogen and oxygen atoms in total. The molecule has 0 saturated carbocycles. The van der Waals surface area contributed by atoms with Crippen molar-refractivity contribution in [2.75, 3.05) is 0 Å². The van der Waals surface area contributed by atoms with Crippen molar-refractivity contribution < 1.29 is 17.1 Å². The van der Waals surface area contributed by atoms with Crippen molar-refractivity contribution in [2.45, 2.75) is 13.3 Å². The molecule has 0 atom stereocenters. The second kappa shape index (κ2) is 3.41. The van der Waals surface area contributed by atoms with Crippen molar-refractivity contribution in [2.24, 2.45) is 0 Å². The SMILES string of the molecule is CC1=[C]([Ru][c]2ccc[nH]2)CC=C1. The molecule has 64 valence electrons. The Morgan fingerprint density at radius 3 is 3.00 bits per heavy atom. The second-order valence-corrected chi connectivity index (χ2v) is 5.19. The summed E-state index contributed by atoms with van der Waals surface area (Å²) in [4.78, 5) is 3.26. The molecule has 0 fully saturated rings. The molecule has 0 aliphatic heterocycles. The van der Waals surface area contributed by atoms with Crippen LogP contribution in [0, 0.1) is 0 Å². The Labute approximate surface area is 80.2 Å². The van der Waals surface area contributed by atoms with Crippen LogP contribution >= 0.6 is 0 Å². The zero-order chi connectivity index (χ0) is 8.39. The fourth-order valence-corrected chi connectivity index (χ4v) is 3.18. The van der Waals surface area contributed by atoms with Crippen molar-refractivity contribution in [3.8, 4) is 0 Å². The third-order valence-corrected chi connectivity index (χ3v) is 4.41. The number of rotatable bonds is 2. The van der Waals surface area contributed by atoms with Crippen molar-refractivity contribution in [1.29, 1.82) is 0 Å². The minimum absolute atomic E-state index is 0.263. The van der Waals surface area contributed by atoms with E-state index in [9.17, 15) is 0 Å². The van der Waals surface area contributed by atoms with Crippen LogP contribution in [-0.4, -0.2) is 4.98 Å². The Balaban J connectivity index is 2.10. The molecule has 0 saturated heterocycles. The van der Waals surface area contributed by atoms with Crippen molar-refractivity contribution in [3.63, 3.8) is 0 Å².